The molecule has 0 radical (unpaired) electrons. The number of hydrogen-bond donors (Lipinski definition) is 1. The fourth-order valence-electron chi connectivity index (χ4n) is 4.08. The molecule has 0 bridgehead atoms. The number of nitrogens with zero attached hydrogens (tertiary/aromatic N) is 4. The normalized spacial score (nSPS) is 17.8. The fourth-order valence-corrected chi connectivity index (χ4v) is 5.23. The first-order valence-corrected chi connectivity index (χ1v) is 13.0. The molecule has 3 aromatic rings. The number of aromatic nitrogens is 2. The first-order valence-electron chi connectivity index (χ1n) is 11.9. The molecule has 0 spiro atoms. The van der Waals surface area contributed by atoms with Gasteiger partial charge in [0.05, 0.1) is 42.6 Å². The Bertz CT molecular complexity index is 1250. The summed E-state index contributed by atoms with van der Waals surface area (Å²) in [7, 11) is -1.21. The van der Waals surface area contributed by atoms with Crippen molar-refractivity contribution in [1.29, 1.82) is 5.26 Å². The van der Waals surface area contributed by atoms with Gasteiger partial charge in [-0.3, -0.25) is 0 Å². The van der Waals surface area contributed by atoms with E-state index in [2.05, 4.69) is 21.4 Å². The van der Waals surface area contributed by atoms with E-state index in [1.54, 1.807) is 18.3 Å². The molecule has 9 nitrogen and oxygen atoms in total. The minimum Gasteiger partial charge on any atom is -0.489 e. The molecule has 1 unspecified atom stereocenters. The van der Waals surface area contributed by atoms with Gasteiger partial charge in [0.25, 0.3) is 0 Å². The van der Waals surface area contributed by atoms with Crippen molar-refractivity contribution in [3.8, 4) is 23.1 Å². The van der Waals surface area contributed by atoms with Crippen LogP contribution in [0, 0.1) is 11.3 Å². The molecule has 10 heteroatoms. The summed E-state index contributed by atoms with van der Waals surface area (Å²) in [6.45, 7) is 3.86. The molecular formula is C26H27N5O4S. The van der Waals surface area contributed by atoms with Gasteiger partial charge in [-0.2, -0.15) is 5.26 Å². The van der Waals surface area contributed by atoms with Crippen LogP contribution < -0.4 is 10.1 Å². The van der Waals surface area contributed by atoms with Gasteiger partial charge >= 0.3 is 0 Å². The summed E-state index contributed by atoms with van der Waals surface area (Å²) in [6, 6.07) is 17.0. The molecule has 2 aliphatic heterocycles. The van der Waals surface area contributed by atoms with Gasteiger partial charge in [0.15, 0.2) is 0 Å². The maximum Gasteiger partial charge on any atom is 0.227 e. The number of hydrogen-bond acceptors (Lipinski definition) is 8. The largest absolute Gasteiger partial charge is 0.489 e. The SMILES string of the molecule is N#Cc1cc(-c2ccnc(Nc3ccc(S(=O)N4CCOCC4)cc3)n2)ccc1OC1CCOCC1. The molecule has 5 rings (SSSR count). The highest BCUT2D eigenvalue weighted by Gasteiger charge is 2.19. The van der Waals surface area contributed by atoms with E-state index in [1.165, 1.54) is 0 Å². The van der Waals surface area contributed by atoms with Crippen molar-refractivity contribution in [1.82, 2.24) is 14.3 Å². The van der Waals surface area contributed by atoms with Crippen molar-refractivity contribution >= 4 is 22.6 Å². The van der Waals surface area contributed by atoms with Gasteiger partial charge < -0.3 is 19.5 Å². The molecule has 1 aromatic heterocycles. The topological polar surface area (TPSA) is 110 Å². The van der Waals surface area contributed by atoms with Crippen LogP contribution in [-0.2, 0) is 20.5 Å². The molecule has 186 valence electrons. The number of ether oxygens (including phenoxy) is 3. The highest BCUT2D eigenvalue weighted by atomic mass is 32.2. The minimum absolute atomic E-state index is 0.0595. The number of benzene rings is 2. The van der Waals surface area contributed by atoms with Crippen molar-refractivity contribution in [3.05, 3.63) is 60.3 Å². The van der Waals surface area contributed by atoms with Crippen LogP contribution in [0.2, 0.25) is 0 Å². The highest BCUT2D eigenvalue weighted by molar-refractivity contribution is 7.82. The van der Waals surface area contributed by atoms with E-state index >= 15 is 0 Å². The molecule has 0 saturated carbocycles. The van der Waals surface area contributed by atoms with Gasteiger partial charge in [-0.15, -0.1) is 0 Å². The van der Waals surface area contributed by atoms with Gasteiger partial charge in [0.1, 0.15) is 28.9 Å². The summed E-state index contributed by atoms with van der Waals surface area (Å²) in [5, 5.41) is 12.9. The van der Waals surface area contributed by atoms with E-state index in [-0.39, 0.29) is 6.10 Å². The summed E-state index contributed by atoms with van der Waals surface area (Å²) < 4.78 is 31.4. The molecule has 2 aliphatic rings. The van der Waals surface area contributed by atoms with E-state index in [9.17, 15) is 9.47 Å². The van der Waals surface area contributed by atoms with Crippen molar-refractivity contribution in [3.63, 3.8) is 0 Å². The van der Waals surface area contributed by atoms with Crippen molar-refractivity contribution in [2.75, 3.05) is 44.8 Å². The summed E-state index contributed by atoms with van der Waals surface area (Å²) in [5.74, 6) is 1.01. The Hall–Kier alpha value is -3.36. The first kappa shape index (κ1) is 24.3. The van der Waals surface area contributed by atoms with Crippen molar-refractivity contribution < 1.29 is 18.4 Å². The molecule has 3 heterocycles. The van der Waals surface area contributed by atoms with Crippen LogP contribution in [-0.4, -0.2) is 64.1 Å². The molecule has 36 heavy (non-hydrogen) atoms. The molecule has 0 amide bonds. The predicted octanol–water partition coefficient (Wildman–Crippen LogP) is 3.67. The lowest BCUT2D eigenvalue weighted by atomic mass is 10.1. The van der Waals surface area contributed by atoms with Gasteiger partial charge in [0, 0.05) is 43.4 Å². The standard InChI is InChI=1S/C26H27N5O4S/c27-18-20-17-19(1-6-25(20)35-22-8-13-33-14-9-22)24-7-10-28-26(30-24)29-21-2-4-23(5-3-21)36(32)31-11-15-34-16-12-31/h1-7,10,17,22H,8-9,11-16H2,(H,28,29,30). The smallest absolute Gasteiger partial charge is 0.227 e. The van der Waals surface area contributed by atoms with Crippen LogP contribution in [0.3, 0.4) is 0 Å². The van der Waals surface area contributed by atoms with Crippen LogP contribution in [0.25, 0.3) is 11.3 Å². The van der Waals surface area contributed by atoms with Crippen molar-refractivity contribution in [2.24, 2.45) is 0 Å². The van der Waals surface area contributed by atoms with Gasteiger partial charge in [-0.1, -0.05) is 0 Å². The quantitative estimate of drug-likeness (QED) is 0.518. The Morgan fingerprint density at radius 3 is 2.53 bits per heavy atom. The Morgan fingerprint density at radius 1 is 1.03 bits per heavy atom. The lowest BCUT2D eigenvalue weighted by molar-refractivity contribution is 0.0254. The number of nitrogens with one attached hydrogen (secondary N) is 1. The Morgan fingerprint density at radius 2 is 1.78 bits per heavy atom. The molecule has 2 fully saturated rings. The van der Waals surface area contributed by atoms with Crippen molar-refractivity contribution in [2.45, 2.75) is 23.8 Å². The van der Waals surface area contributed by atoms with Gasteiger partial charge in [-0.05, 0) is 48.5 Å². The second-order valence-electron chi connectivity index (χ2n) is 8.46. The number of rotatable bonds is 7. The molecular weight excluding hydrogens is 478 g/mol. The van der Waals surface area contributed by atoms with E-state index in [4.69, 9.17) is 14.2 Å². The second-order valence-corrected chi connectivity index (χ2v) is 9.94. The lowest BCUT2D eigenvalue weighted by Crippen LogP contribution is -2.37. The second kappa shape index (κ2) is 11.6. The molecule has 1 N–H and O–H groups in total. The minimum atomic E-state index is -1.21. The number of morpholine rings is 1. The van der Waals surface area contributed by atoms with Gasteiger partial charge in [0.2, 0.25) is 5.95 Å². The predicted molar refractivity (Wildman–Crippen MR) is 135 cm³/mol. The van der Waals surface area contributed by atoms with Crippen LogP contribution in [0.1, 0.15) is 18.4 Å². The Balaban J connectivity index is 1.27. The van der Waals surface area contributed by atoms with E-state index in [0.29, 0.717) is 62.5 Å². The number of anilines is 2. The third kappa shape index (κ3) is 5.88. The zero-order valence-corrected chi connectivity index (χ0v) is 20.6. The Kier molecular flexibility index (Phi) is 7.83. The van der Waals surface area contributed by atoms with E-state index < -0.39 is 11.0 Å². The third-order valence-electron chi connectivity index (χ3n) is 6.03. The fraction of sp³-hybridized carbons (Fsp3) is 0.346. The summed E-state index contributed by atoms with van der Waals surface area (Å²) in [4.78, 5) is 9.68. The van der Waals surface area contributed by atoms with Crippen LogP contribution >= 0.6 is 0 Å². The molecule has 2 aromatic carbocycles. The number of nitriles is 1. The van der Waals surface area contributed by atoms with Crippen LogP contribution in [0.4, 0.5) is 11.6 Å². The molecule has 2 saturated heterocycles. The summed E-state index contributed by atoms with van der Waals surface area (Å²) in [5.41, 5.74) is 2.74. The maximum atomic E-state index is 12.8. The van der Waals surface area contributed by atoms with E-state index in [1.807, 2.05) is 40.7 Å². The lowest BCUT2D eigenvalue weighted by Gasteiger charge is -2.25. The first-order chi connectivity index (χ1) is 17.7. The molecule has 0 aliphatic carbocycles. The Labute approximate surface area is 212 Å². The third-order valence-corrected chi connectivity index (χ3v) is 7.54. The van der Waals surface area contributed by atoms with E-state index in [0.717, 1.165) is 29.0 Å². The average Bonchev–Trinajstić information content (AvgIpc) is 2.94. The zero-order valence-electron chi connectivity index (χ0n) is 19.8. The summed E-state index contributed by atoms with van der Waals surface area (Å²) in [6.07, 6.45) is 3.37. The van der Waals surface area contributed by atoms with Crippen LogP contribution in [0.5, 0.6) is 5.75 Å². The molecule has 1 atom stereocenters. The maximum absolute atomic E-state index is 12.8. The zero-order chi connectivity index (χ0) is 24.7. The summed E-state index contributed by atoms with van der Waals surface area (Å²) >= 11 is 0. The highest BCUT2D eigenvalue weighted by Crippen LogP contribution is 2.28. The monoisotopic (exact) mass is 505 g/mol. The van der Waals surface area contributed by atoms with Crippen LogP contribution in [0.15, 0.2) is 59.6 Å². The average molecular weight is 506 g/mol. The van der Waals surface area contributed by atoms with Gasteiger partial charge in [-0.25, -0.2) is 18.5 Å².